The third-order valence-electron chi connectivity index (χ3n) is 3.60. The summed E-state index contributed by atoms with van der Waals surface area (Å²) in [7, 11) is 0. The van der Waals surface area contributed by atoms with Gasteiger partial charge in [0.25, 0.3) is 0 Å². The van der Waals surface area contributed by atoms with Crippen LogP contribution in [-0.4, -0.2) is 12.5 Å². The second-order valence-electron chi connectivity index (χ2n) is 6.20. The summed E-state index contributed by atoms with van der Waals surface area (Å²) in [5.41, 5.74) is 13.6. The van der Waals surface area contributed by atoms with Crippen LogP contribution in [0.4, 0.5) is 0 Å². The van der Waals surface area contributed by atoms with E-state index in [1.165, 1.54) is 5.56 Å². The van der Waals surface area contributed by atoms with Gasteiger partial charge in [-0.3, -0.25) is 4.79 Å². The second kappa shape index (κ2) is 5.74. The summed E-state index contributed by atoms with van der Waals surface area (Å²) >= 11 is 3.52. The number of carbonyl (C=O) groups excluding carboxylic acids is 1. The molecule has 1 aliphatic rings. The van der Waals surface area contributed by atoms with E-state index in [1.54, 1.807) is 0 Å². The molecule has 1 amide bonds. The Morgan fingerprint density at radius 3 is 2.85 bits per heavy atom. The van der Waals surface area contributed by atoms with E-state index in [9.17, 15) is 4.79 Å². The van der Waals surface area contributed by atoms with Crippen LogP contribution in [0.2, 0.25) is 0 Å². The molecule has 20 heavy (non-hydrogen) atoms. The van der Waals surface area contributed by atoms with Crippen molar-refractivity contribution in [2.24, 2.45) is 16.9 Å². The molecular formula is C15H21BrN2O2. The Kier molecular flexibility index (Phi) is 4.39. The molecule has 1 aromatic rings. The first-order chi connectivity index (χ1) is 9.28. The van der Waals surface area contributed by atoms with Crippen molar-refractivity contribution in [3.63, 3.8) is 0 Å². The van der Waals surface area contributed by atoms with Crippen molar-refractivity contribution in [3.05, 3.63) is 27.7 Å². The first kappa shape index (κ1) is 15.3. The summed E-state index contributed by atoms with van der Waals surface area (Å²) in [5.74, 6) is 0.619. The van der Waals surface area contributed by atoms with Gasteiger partial charge in [-0.15, -0.1) is 0 Å². The number of carbonyl (C=O) groups is 1. The van der Waals surface area contributed by atoms with Crippen LogP contribution in [0.25, 0.3) is 0 Å². The minimum Gasteiger partial charge on any atom is -0.493 e. The molecule has 0 fully saturated rings. The average Bonchev–Trinajstić information content (AvgIpc) is 2.72. The quantitative estimate of drug-likeness (QED) is 0.864. The molecule has 1 atom stereocenters. The van der Waals surface area contributed by atoms with Crippen LogP contribution in [0.1, 0.15) is 43.9 Å². The van der Waals surface area contributed by atoms with Crippen molar-refractivity contribution >= 4 is 21.8 Å². The number of ether oxygens (including phenoxy) is 1. The smallest absolute Gasteiger partial charge is 0.217 e. The minimum absolute atomic E-state index is 0.173. The number of primary amides is 1. The van der Waals surface area contributed by atoms with Gasteiger partial charge in [-0.2, -0.15) is 0 Å². The van der Waals surface area contributed by atoms with Crippen LogP contribution in [0, 0.1) is 5.41 Å². The summed E-state index contributed by atoms with van der Waals surface area (Å²) in [5, 5.41) is 0. The molecule has 0 saturated carbocycles. The third kappa shape index (κ3) is 3.52. The number of rotatable bonds is 5. The number of fused-ring (bicyclic) bond motifs is 1. The molecule has 4 N–H and O–H groups in total. The molecule has 0 bridgehead atoms. The molecule has 0 spiro atoms. The van der Waals surface area contributed by atoms with Crippen molar-refractivity contribution in [1.29, 1.82) is 0 Å². The molecule has 1 aromatic carbocycles. The van der Waals surface area contributed by atoms with Gasteiger partial charge in [-0.1, -0.05) is 29.8 Å². The van der Waals surface area contributed by atoms with E-state index >= 15 is 0 Å². The van der Waals surface area contributed by atoms with Gasteiger partial charge in [0.1, 0.15) is 5.75 Å². The highest BCUT2D eigenvalue weighted by Gasteiger charge is 2.28. The summed E-state index contributed by atoms with van der Waals surface area (Å²) in [6.07, 6.45) is 1.93. The molecule has 4 nitrogen and oxygen atoms in total. The fourth-order valence-corrected chi connectivity index (χ4v) is 3.35. The van der Waals surface area contributed by atoms with Crippen LogP contribution >= 0.6 is 15.9 Å². The van der Waals surface area contributed by atoms with Gasteiger partial charge < -0.3 is 16.2 Å². The van der Waals surface area contributed by atoms with E-state index in [2.05, 4.69) is 22.0 Å². The third-order valence-corrected chi connectivity index (χ3v) is 4.06. The predicted molar refractivity (Wildman–Crippen MR) is 82.5 cm³/mol. The molecule has 1 unspecified atom stereocenters. The van der Waals surface area contributed by atoms with Crippen LogP contribution in [0.15, 0.2) is 16.6 Å². The fourth-order valence-electron chi connectivity index (χ4n) is 2.82. The fraction of sp³-hybridized carbons (Fsp3) is 0.533. The SMILES string of the molecule is CC(C)(CC(N)=O)CC(N)c1cc(Br)cc2c1OCC2. The second-order valence-corrected chi connectivity index (χ2v) is 7.12. The van der Waals surface area contributed by atoms with Crippen LogP contribution in [0.5, 0.6) is 5.75 Å². The number of nitrogens with two attached hydrogens (primary N) is 2. The zero-order valence-corrected chi connectivity index (χ0v) is 13.5. The monoisotopic (exact) mass is 340 g/mol. The van der Waals surface area contributed by atoms with Crippen LogP contribution in [0.3, 0.4) is 0 Å². The van der Waals surface area contributed by atoms with Gasteiger partial charge >= 0.3 is 0 Å². The minimum atomic E-state index is -0.294. The van der Waals surface area contributed by atoms with Crippen molar-refractivity contribution in [3.8, 4) is 5.75 Å². The molecular weight excluding hydrogens is 320 g/mol. The Bertz CT molecular complexity index is 529. The maximum atomic E-state index is 11.1. The van der Waals surface area contributed by atoms with E-state index in [0.29, 0.717) is 19.4 Å². The molecule has 0 radical (unpaired) electrons. The van der Waals surface area contributed by atoms with Gasteiger partial charge in [0.15, 0.2) is 0 Å². The largest absolute Gasteiger partial charge is 0.493 e. The van der Waals surface area contributed by atoms with E-state index in [1.807, 2.05) is 19.9 Å². The lowest BCUT2D eigenvalue weighted by Gasteiger charge is -2.27. The molecule has 110 valence electrons. The molecule has 0 aromatic heterocycles. The van der Waals surface area contributed by atoms with E-state index in [0.717, 1.165) is 22.2 Å². The van der Waals surface area contributed by atoms with Crippen molar-refractivity contribution in [2.45, 2.75) is 39.2 Å². The van der Waals surface area contributed by atoms with Gasteiger partial charge in [0.05, 0.1) is 6.61 Å². The highest BCUT2D eigenvalue weighted by Crippen LogP contribution is 2.40. The highest BCUT2D eigenvalue weighted by molar-refractivity contribution is 9.10. The summed E-state index contributed by atoms with van der Waals surface area (Å²) in [4.78, 5) is 11.1. The number of amides is 1. The van der Waals surface area contributed by atoms with E-state index < -0.39 is 0 Å². The average molecular weight is 341 g/mol. The molecule has 0 aliphatic carbocycles. The Morgan fingerprint density at radius 2 is 2.20 bits per heavy atom. The van der Waals surface area contributed by atoms with Crippen molar-refractivity contribution < 1.29 is 9.53 Å². The lowest BCUT2D eigenvalue weighted by atomic mass is 9.80. The Balaban J connectivity index is 2.22. The Labute approximate surface area is 128 Å². The summed E-state index contributed by atoms with van der Waals surface area (Å²) < 4.78 is 6.72. The molecule has 5 heteroatoms. The Morgan fingerprint density at radius 1 is 1.50 bits per heavy atom. The summed E-state index contributed by atoms with van der Waals surface area (Å²) in [6.45, 7) is 4.73. The van der Waals surface area contributed by atoms with Crippen LogP contribution < -0.4 is 16.2 Å². The lowest BCUT2D eigenvalue weighted by Crippen LogP contribution is -2.27. The maximum Gasteiger partial charge on any atom is 0.217 e. The molecule has 0 saturated heterocycles. The summed E-state index contributed by atoms with van der Waals surface area (Å²) in [6, 6.07) is 3.91. The normalized spacial score (nSPS) is 15.6. The first-order valence-electron chi connectivity index (χ1n) is 6.77. The number of hydrogen-bond donors (Lipinski definition) is 2. The maximum absolute atomic E-state index is 11.1. The number of benzene rings is 1. The predicted octanol–water partition coefficient (Wildman–Crippen LogP) is 2.68. The molecule has 1 heterocycles. The van der Waals surface area contributed by atoms with Crippen molar-refractivity contribution in [1.82, 2.24) is 0 Å². The zero-order valence-electron chi connectivity index (χ0n) is 11.9. The molecule has 1 aliphatic heterocycles. The van der Waals surface area contributed by atoms with Gasteiger partial charge in [-0.05, 0) is 29.5 Å². The Hall–Kier alpha value is -1.07. The van der Waals surface area contributed by atoms with Gasteiger partial charge in [-0.25, -0.2) is 0 Å². The van der Waals surface area contributed by atoms with Crippen LogP contribution in [-0.2, 0) is 11.2 Å². The lowest BCUT2D eigenvalue weighted by molar-refractivity contribution is -0.120. The standard InChI is InChI=1S/C15H21BrN2O2/c1-15(2,8-13(18)19)7-12(17)11-6-10(16)5-9-3-4-20-14(9)11/h5-6,12H,3-4,7-8,17H2,1-2H3,(H2,18,19). The number of halogens is 1. The topological polar surface area (TPSA) is 78.3 Å². The van der Waals surface area contributed by atoms with Gasteiger partial charge in [0, 0.05) is 28.9 Å². The highest BCUT2D eigenvalue weighted by atomic mass is 79.9. The zero-order chi connectivity index (χ0) is 14.9. The molecule has 2 rings (SSSR count). The van der Waals surface area contributed by atoms with E-state index in [4.69, 9.17) is 16.2 Å². The first-order valence-corrected chi connectivity index (χ1v) is 7.57. The van der Waals surface area contributed by atoms with Gasteiger partial charge in [0.2, 0.25) is 5.91 Å². The van der Waals surface area contributed by atoms with Crippen molar-refractivity contribution in [2.75, 3.05) is 6.61 Å². The van der Waals surface area contributed by atoms with E-state index in [-0.39, 0.29) is 17.4 Å². The number of hydrogen-bond acceptors (Lipinski definition) is 3.